The maximum absolute atomic E-state index is 12.3. The van der Waals surface area contributed by atoms with Crippen molar-refractivity contribution in [1.82, 2.24) is 4.90 Å². The van der Waals surface area contributed by atoms with Gasteiger partial charge in [0.05, 0.1) is 22.8 Å². The van der Waals surface area contributed by atoms with Crippen molar-refractivity contribution >= 4 is 23.3 Å². The van der Waals surface area contributed by atoms with Crippen LogP contribution in [0.2, 0.25) is 0 Å². The largest absolute Gasteiger partial charge is 0.384 e. The molecule has 0 saturated heterocycles. The molecule has 1 N–H and O–H groups in total. The monoisotopic (exact) mass is 361 g/mol. The first-order valence-corrected chi connectivity index (χ1v) is 8.77. The highest BCUT2D eigenvalue weighted by molar-refractivity contribution is 6.21. The van der Waals surface area contributed by atoms with E-state index in [-0.39, 0.29) is 17.6 Å². The quantitative estimate of drug-likeness (QED) is 0.464. The number of Topliss-reactive ketones (excluding diaryl/α,β-unsaturated/α-hetero) is 1. The molecule has 0 unspecified atom stereocenters. The van der Waals surface area contributed by atoms with Crippen molar-refractivity contribution in [3.63, 3.8) is 0 Å². The number of hydrogen-bond acceptors (Lipinski definition) is 5. The molecule has 0 bridgehead atoms. The zero-order chi connectivity index (χ0) is 19.4. The summed E-state index contributed by atoms with van der Waals surface area (Å²) in [4.78, 5) is 37.6. The number of nitriles is 1. The number of rotatable bonds is 7. The topological polar surface area (TPSA) is 90.3 Å². The van der Waals surface area contributed by atoms with Crippen molar-refractivity contribution in [1.29, 1.82) is 5.26 Å². The summed E-state index contributed by atoms with van der Waals surface area (Å²) in [6.45, 7) is 2.40. The highest BCUT2D eigenvalue weighted by Gasteiger charge is 2.34. The average molecular weight is 361 g/mol. The summed E-state index contributed by atoms with van der Waals surface area (Å²) in [7, 11) is 0. The van der Waals surface area contributed by atoms with Gasteiger partial charge in [-0.05, 0) is 50.1 Å². The molecule has 6 nitrogen and oxygen atoms in total. The zero-order valence-corrected chi connectivity index (χ0v) is 15.0. The fraction of sp³-hybridized carbons (Fsp3) is 0.238. The molecule has 2 aromatic rings. The number of benzene rings is 2. The summed E-state index contributed by atoms with van der Waals surface area (Å²) in [6.07, 6.45) is 1.35. The molecular weight excluding hydrogens is 342 g/mol. The number of imide groups is 1. The molecule has 0 atom stereocenters. The third-order valence-electron chi connectivity index (χ3n) is 4.53. The molecule has 1 aliphatic heterocycles. The van der Waals surface area contributed by atoms with Crippen molar-refractivity contribution in [2.24, 2.45) is 0 Å². The predicted octanol–water partition coefficient (Wildman–Crippen LogP) is 3.25. The second-order valence-electron chi connectivity index (χ2n) is 6.37. The molecule has 2 amide bonds. The molecule has 1 aliphatic rings. The van der Waals surface area contributed by atoms with Crippen LogP contribution in [-0.4, -0.2) is 35.6 Å². The van der Waals surface area contributed by atoms with Crippen LogP contribution in [0.3, 0.4) is 0 Å². The summed E-state index contributed by atoms with van der Waals surface area (Å²) in [5.74, 6) is -0.568. The van der Waals surface area contributed by atoms with Crippen molar-refractivity contribution in [3.8, 4) is 6.07 Å². The summed E-state index contributed by atoms with van der Waals surface area (Å²) >= 11 is 0. The van der Waals surface area contributed by atoms with Gasteiger partial charge in [-0.3, -0.25) is 19.3 Å². The Morgan fingerprint density at radius 1 is 1.07 bits per heavy atom. The van der Waals surface area contributed by atoms with Crippen LogP contribution in [0.15, 0.2) is 42.5 Å². The Hall–Kier alpha value is -3.46. The minimum absolute atomic E-state index is 0.0759. The number of carbonyl (C=O) groups is 3. The van der Waals surface area contributed by atoms with E-state index in [0.29, 0.717) is 53.9 Å². The number of ketones is 1. The van der Waals surface area contributed by atoms with Crippen molar-refractivity contribution in [2.75, 3.05) is 18.4 Å². The van der Waals surface area contributed by atoms with E-state index in [9.17, 15) is 14.4 Å². The second-order valence-corrected chi connectivity index (χ2v) is 6.37. The van der Waals surface area contributed by atoms with Gasteiger partial charge in [0, 0.05) is 24.3 Å². The first kappa shape index (κ1) is 18.3. The molecule has 0 aliphatic carbocycles. The Labute approximate surface area is 157 Å². The number of unbranched alkanes of at least 4 members (excludes halogenated alkanes) is 1. The number of anilines is 1. The summed E-state index contributed by atoms with van der Waals surface area (Å²) in [5.41, 5.74) is 2.56. The van der Waals surface area contributed by atoms with Crippen LogP contribution in [0.5, 0.6) is 0 Å². The molecular formula is C21H19N3O3. The van der Waals surface area contributed by atoms with Gasteiger partial charge in [0.2, 0.25) is 0 Å². The molecule has 3 rings (SSSR count). The highest BCUT2D eigenvalue weighted by Crippen LogP contribution is 2.23. The predicted molar refractivity (Wildman–Crippen MR) is 101 cm³/mol. The van der Waals surface area contributed by atoms with Crippen LogP contribution in [-0.2, 0) is 0 Å². The lowest BCUT2D eigenvalue weighted by Crippen LogP contribution is -2.30. The number of hydrogen-bond donors (Lipinski definition) is 1. The molecule has 0 saturated carbocycles. The average Bonchev–Trinajstić information content (AvgIpc) is 2.92. The lowest BCUT2D eigenvalue weighted by Gasteiger charge is -2.14. The summed E-state index contributed by atoms with van der Waals surface area (Å²) in [6, 6.07) is 13.8. The fourth-order valence-electron chi connectivity index (χ4n) is 3.13. The molecule has 6 heteroatoms. The number of fused-ring (bicyclic) bond motifs is 1. The van der Waals surface area contributed by atoms with Crippen LogP contribution in [0.25, 0.3) is 0 Å². The minimum Gasteiger partial charge on any atom is -0.384 e. The van der Waals surface area contributed by atoms with Gasteiger partial charge in [-0.2, -0.15) is 5.26 Å². The van der Waals surface area contributed by atoms with E-state index in [1.165, 1.54) is 11.8 Å². The van der Waals surface area contributed by atoms with E-state index >= 15 is 0 Å². The van der Waals surface area contributed by atoms with Crippen molar-refractivity contribution < 1.29 is 14.4 Å². The van der Waals surface area contributed by atoms with Crippen LogP contribution in [0.1, 0.15) is 56.4 Å². The van der Waals surface area contributed by atoms with Gasteiger partial charge < -0.3 is 5.32 Å². The maximum Gasteiger partial charge on any atom is 0.261 e. The Morgan fingerprint density at radius 2 is 1.74 bits per heavy atom. The minimum atomic E-state index is -0.246. The lowest BCUT2D eigenvalue weighted by molar-refractivity contribution is 0.0651. The molecule has 0 spiro atoms. The standard InChI is InChI=1S/C21H19N3O3/c1-14(25)16-9-8-15(13-22)12-19(16)23-10-4-5-11-24-20(26)17-6-2-3-7-18(17)21(24)27/h2-3,6-9,12,23H,4-5,10-11H2,1H3. The highest BCUT2D eigenvalue weighted by atomic mass is 16.2. The van der Waals surface area contributed by atoms with Gasteiger partial charge in [-0.25, -0.2) is 0 Å². The second kappa shape index (κ2) is 7.83. The third-order valence-corrected chi connectivity index (χ3v) is 4.53. The van der Waals surface area contributed by atoms with E-state index in [1.807, 2.05) is 0 Å². The van der Waals surface area contributed by atoms with E-state index in [0.717, 1.165) is 0 Å². The number of carbonyl (C=O) groups excluding carboxylic acids is 3. The normalized spacial score (nSPS) is 12.7. The SMILES string of the molecule is CC(=O)c1ccc(C#N)cc1NCCCCN1C(=O)c2ccccc2C1=O. The van der Waals surface area contributed by atoms with Crippen molar-refractivity contribution in [2.45, 2.75) is 19.8 Å². The molecule has 0 aromatic heterocycles. The Morgan fingerprint density at radius 3 is 2.33 bits per heavy atom. The summed E-state index contributed by atoms with van der Waals surface area (Å²) < 4.78 is 0. The molecule has 136 valence electrons. The summed E-state index contributed by atoms with van der Waals surface area (Å²) in [5, 5.41) is 12.2. The zero-order valence-electron chi connectivity index (χ0n) is 15.0. The maximum atomic E-state index is 12.3. The van der Waals surface area contributed by atoms with E-state index < -0.39 is 0 Å². The smallest absolute Gasteiger partial charge is 0.261 e. The van der Waals surface area contributed by atoms with Crippen LogP contribution < -0.4 is 5.32 Å². The fourth-order valence-corrected chi connectivity index (χ4v) is 3.13. The van der Waals surface area contributed by atoms with Crippen LogP contribution in [0.4, 0.5) is 5.69 Å². The van der Waals surface area contributed by atoms with Gasteiger partial charge >= 0.3 is 0 Å². The van der Waals surface area contributed by atoms with Gasteiger partial charge in [-0.15, -0.1) is 0 Å². The number of amides is 2. The lowest BCUT2D eigenvalue weighted by atomic mass is 10.1. The molecule has 2 aromatic carbocycles. The number of nitrogens with zero attached hydrogens (tertiary/aromatic N) is 2. The van der Waals surface area contributed by atoms with E-state index in [2.05, 4.69) is 11.4 Å². The Kier molecular flexibility index (Phi) is 5.32. The van der Waals surface area contributed by atoms with Gasteiger partial charge in [0.15, 0.2) is 5.78 Å². The Balaban J connectivity index is 1.54. The Bertz CT molecular complexity index is 924. The molecule has 1 heterocycles. The molecule has 0 radical (unpaired) electrons. The van der Waals surface area contributed by atoms with Crippen LogP contribution in [0, 0.1) is 11.3 Å². The van der Waals surface area contributed by atoms with Gasteiger partial charge in [0.25, 0.3) is 11.8 Å². The van der Waals surface area contributed by atoms with E-state index in [1.54, 1.807) is 42.5 Å². The molecule has 27 heavy (non-hydrogen) atoms. The first-order chi connectivity index (χ1) is 13.0. The van der Waals surface area contributed by atoms with Crippen LogP contribution >= 0.6 is 0 Å². The molecule has 0 fully saturated rings. The third kappa shape index (κ3) is 3.72. The van der Waals surface area contributed by atoms with Crippen molar-refractivity contribution in [3.05, 3.63) is 64.7 Å². The first-order valence-electron chi connectivity index (χ1n) is 8.77. The van der Waals surface area contributed by atoms with Gasteiger partial charge in [-0.1, -0.05) is 12.1 Å². The van der Waals surface area contributed by atoms with Gasteiger partial charge in [0.1, 0.15) is 0 Å². The van der Waals surface area contributed by atoms with E-state index in [4.69, 9.17) is 5.26 Å². The number of nitrogens with one attached hydrogen (secondary N) is 1.